The molecule has 0 spiro atoms. The van der Waals surface area contributed by atoms with E-state index in [0.29, 0.717) is 11.3 Å². The summed E-state index contributed by atoms with van der Waals surface area (Å²) in [7, 11) is 1.33. The number of rotatable bonds is 1. The molecular weight excluding hydrogens is 142 g/mol. The van der Waals surface area contributed by atoms with Crippen molar-refractivity contribution >= 4 is 5.97 Å². The molecule has 1 radical (unpaired) electrons. The van der Waals surface area contributed by atoms with E-state index in [9.17, 15) is 4.79 Å². The fourth-order valence-corrected chi connectivity index (χ4v) is 0.663. The van der Waals surface area contributed by atoms with Crippen LogP contribution in [0.1, 0.15) is 16.1 Å². The molecule has 1 rings (SSSR count). The summed E-state index contributed by atoms with van der Waals surface area (Å²) in [4.78, 5) is 14.7. The van der Waals surface area contributed by atoms with Crippen LogP contribution in [-0.2, 0) is 4.74 Å². The number of carbonyl (C=O) groups is 1. The van der Waals surface area contributed by atoms with Gasteiger partial charge in [-0.3, -0.25) is 4.98 Å². The molecule has 0 aliphatic carbocycles. The van der Waals surface area contributed by atoms with Crippen LogP contribution in [0.25, 0.3) is 0 Å². The van der Waals surface area contributed by atoms with Crippen molar-refractivity contribution in [2.45, 2.75) is 0 Å². The van der Waals surface area contributed by atoms with E-state index in [1.54, 1.807) is 12.1 Å². The number of esters is 1. The first-order valence-corrected chi connectivity index (χ1v) is 3.10. The smallest absolute Gasteiger partial charge is 0.339 e. The first-order valence-electron chi connectivity index (χ1n) is 3.10. The van der Waals surface area contributed by atoms with Crippen molar-refractivity contribution in [1.29, 1.82) is 0 Å². The van der Waals surface area contributed by atoms with Gasteiger partial charge in [0.25, 0.3) is 0 Å². The van der Waals surface area contributed by atoms with Crippen LogP contribution in [0.2, 0.25) is 0 Å². The van der Waals surface area contributed by atoms with Gasteiger partial charge < -0.3 is 4.74 Å². The lowest BCUT2D eigenvalue weighted by Gasteiger charge is -1.97. The van der Waals surface area contributed by atoms with Gasteiger partial charge in [-0.1, -0.05) is 0 Å². The Bertz CT molecular complexity index is 253. The van der Waals surface area contributed by atoms with Crippen LogP contribution in [0.4, 0.5) is 0 Å². The Labute approximate surface area is 65.0 Å². The third-order valence-electron chi connectivity index (χ3n) is 1.25. The van der Waals surface area contributed by atoms with Gasteiger partial charge >= 0.3 is 5.97 Å². The van der Waals surface area contributed by atoms with Crippen LogP contribution in [0.15, 0.2) is 18.3 Å². The molecule has 1 aromatic heterocycles. The molecule has 1 aromatic rings. The van der Waals surface area contributed by atoms with Crippen molar-refractivity contribution in [3.63, 3.8) is 0 Å². The Morgan fingerprint density at radius 2 is 2.36 bits per heavy atom. The van der Waals surface area contributed by atoms with E-state index in [-0.39, 0.29) is 5.97 Å². The van der Waals surface area contributed by atoms with Gasteiger partial charge in [0.1, 0.15) is 0 Å². The zero-order valence-electron chi connectivity index (χ0n) is 6.20. The van der Waals surface area contributed by atoms with Gasteiger partial charge in [-0.15, -0.1) is 0 Å². The van der Waals surface area contributed by atoms with Gasteiger partial charge in [-0.2, -0.15) is 0 Å². The molecule has 0 saturated carbocycles. The summed E-state index contributed by atoms with van der Waals surface area (Å²) in [6.45, 7) is 3.58. The SMILES string of the molecule is [CH2]c1ccc(C(=O)OC)cn1. The van der Waals surface area contributed by atoms with Gasteiger partial charge in [0.15, 0.2) is 0 Å². The third-order valence-corrected chi connectivity index (χ3v) is 1.25. The van der Waals surface area contributed by atoms with Crippen LogP contribution >= 0.6 is 0 Å². The summed E-state index contributed by atoms with van der Waals surface area (Å²) in [6.07, 6.45) is 1.44. The van der Waals surface area contributed by atoms with E-state index >= 15 is 0 Å². The number of hydrogen-bond donors (Lipinski definition) is 0. The first kappa shape index (κ1) is 7.72. The maximum atomic E-state index is 10.8. The fraction of sp³-hybridized carbons (Fsp3) is 0.125. The Kier molecular flexibility index (Phi) is 2.21. The van der Waals surface area contributed by atoms with E-state index < -0.39 is 0 Å². The summed E-state index contributed by atoms with van der Waals surface area (Å²) in [5.74, 6) is -0.377. The first-order chi connectivity index (χ1) is 5.24. The number of aromatic nitrogens is 1. The summed E-state index contributed by atoms with van der Waals surface area (Å²) < 4.78 is 4.48. The zero-order chi connectivity index (χ0) is 8.27. The number of nitrogens with zero attached hydrogens (tertiary/aromatic N) is 1. The van der Waals surface area contributed by atoms with E-state index in [1.807, 2.05) is 0 Å². The Hall–Kier alpha value is -1.38. The van der Waals surface area contributed by atoms with Gasteiger partial charge in [0, 0.05) is 11.9 Å². The van der Waals surface area contributed by atoms with Crippen LogP contribution in [0, 0.1) is 6.92 Å². The fourth-order valence-electron chi connectivity index (χ4n) is 0.663. The van der Waals surface area contributed by atoms with Crippen LogP contribution in [0.3, 0.4) is 0 Å². The van der Waals surface area contributed by atoms with Gasteiger partial charge in [-0.25, -0.2) is 4.79 Å². The van der Waals surface area contributed by atoms with Crippen LogP contribution < -0.4 is 0 Å². The Morgan fingerprint density at radius 1 is 1.64 bits per heavy atom. The third kappa shape index (κ3) is 1.77. The van der Waals surface area contributed by atoms with E-state index in [4.69, 9.17) is 0 Å². The molecule has 0 amide bonds. The summed E-state index contributed by atoms with van der Waals surface area (Å²) in [6, 6.07) is 3.29. The number of pyridine rings is 1. The molecule has 0 unspecified atom stereocenters. The average molecular weight is 150 g/mol. The topological polar surface area (TPSA) is 39.2 Å². The van der Waals surface area contributed by atoms with Gasteiger partial charge in [0.2, 0.25) is 0 Å². The highest BCUT2D eigenvalue weighted by Gasteiger charge is 2.03. The molecule has 3 nitrogen and oxygen atoms in total. The minimum absolute atomic E-state index is 0.377. The molecule has 0 aliphatic rings. The second-order valence-corrected chi connectivity index (χ2v) is 2.03. The predicted molar refractivity (Wildman–Crippen MR) is 40.0 cm³/mol. The van der Waals surface area contributed by atoms with Crippen molar-refractivity contribution in [1.82, 2.24) is 4.98 Å². The minimum Gasteiger partial charge on any atom is -0.465 e. The summed E-state index contributed by atoms with van der Waals surface area (Å²) >= 11 is 0. The molecule has 0 aliphatic heterocycles. The highest BCUT2D eigenvalue weighted by molar-refractivity contribution is 5.88. The predicted octanol–water partition coefficient (Wildman–Crippen LogP) is 1.05. The molecule has 1 heterocycles. The average Bonchev–Trinajstić information content (AvgIpc) is 2.05. The minimum atomic E-state index is -0.377. The van der Waals surface area contributed by atoms with Crippen molar-refractivity contribution in [2.75, 3.05) is 7.11 Å². The molecule has 3 heteroatoms. The number of methoxy groups -OCH3 is 1. The van der Waals surface area contributed by atoms with Crippen molar-refractivity contribution < 1.29 is 9.53 Å². The molecular formula is C8H8NO2. The normalized spacial score (nSPS) is 9.27. The maximum absolute atomic E-state index is 10.8. The highest BCUT2D eigenvalue weighted by Crippen LogP contribution is 1.99. The second-order valence-electron chi connectivity index (χ2n) is 2.03. The molecule has 0 N–H and O–H groups in total. The standard InChI is InChI=1S/C8H8NO2/c1-6-3-4-7(5-9-6)8(10)11-2/h3-5H,1H2,2H3. The quantitative estimate of drug-likeness (QED) is 0.562. The monoisotopic (exact) mass is 150 g/mol. The molecule has 11 heavy (non-hydrogen) atoms. The maximum Gasteiger partial charge on any atom is 0.339 e. The highest BCUT2D eigenvalue weighted by atomic mass is 16.5. The summed E-state index contributed by atoms with van der Waals surface area (Å²) in [5.41, 5.74) is 1.08. The van der Waals surface area contributed by atoms with E-state index in [1.165, 1.54) is 13.3 Å². The van der Waals surface area contributed by atoms with Crippen LogP contribution in [0.5, 0.6) is 0 Å². The van der Waals surface area contributed by atoms with Crippen molar-refractivity contribution in [3.05, 3.63) is 36.5 Å². The second kappa shape index (κ2) is 3.14. The Balaban J connectivity index is 2.90. The van der Waals surface area contributed by atoms with E-state index in [0.717, 1.165) is 0 Å². The lowest BCUT2D eigenvalue weighted by molar-refractivity contribution is 0.0600. The number of hydrogen-bond acceptors (Lipinski definition) is 3. The van der Waals surface area contributed by atoms with Gasteiger partial charge in [-0.05, 0) is 19.1 Å². The molecule has 57 valence electrons. The largest absolute Gasteiger partial charge is 0.465 e. The van der Waals surface area contributed by atoms with Gasteiger partial charge in [0.05, 0.1) is 12.7 Å². The van der Waals surface area contributed by atoms with Crippen molar-refractivity contribution in [3.8, 4) is 0 Å². The molecule has 0 fully saturated rings. The molecule has 0 aromatic carbocycles. The molecule has 0 saturated heterocycles. The summed E-state index contributed by atoms with van der Waals surface area (Å²) in [5, 5.41) is 0. The number of carbonyl (C=O) groups excluding carboxylic acids is 1. The van der Waals surface area contributed by atoms with Crippen LogP contribution in [-0.4, -0.2) is 18.1 Å². The molecule has 0 atom stereocenters. The zero-order valence-corrected chi connectivity index (χ0v) is 6.20. The van der Waals surface area contributed by atoms with E-state index in [2.05, 4.69) is 16.6 Å². The number of ether oxygens (including phenoxy) is 1. The molecule has 0 bridgehead atoms. The Morgan fingerprint density at radius 3 is 2.82 bits per heavy atom. The lowest BCUT2D eigenvalue weighted by atomic mass is 10.2. The lowest BCUT2D eigenvalue weighted by Crippen LogP contribution is -2.01. The van der Waals surface area contributed by atoms with Crippen molar-refractivity contribution in [2.24, 2.45) is 0 Å².